The van der Waals surface area contributed by atoms with Crippen LogP contribution in [0.15, 0.2) is 91.0 Å². The van der Waals surface area contributed by atoms with Crippen molar-refractivity contribution in [2.24, 2.45) is 0 Å². The van der Waals surface area contributed by atoms with Crippen molar-refractivity contribution in [3.05, 3.63) is 108 Å². The van der Waals surface area contributed by atoms with Gasteiger partial charge in [-0.3, -0.25) is 0 Å². The van der Waals surface area contributed by atoms with Gasteiger partial charge in [0.05, 0.1) is 17.9 Å². The van der Waals surface area contributed by atoms with Crippen LogP contribution >= 0.6 is 0 Å². The third-order valence-corrected chi connectivity index (χ3v) is 3.03. The van der Waals surface area contributed by atoms with Gasteiger partial charge < -0.3 is 29.7 Å². The zero-order valence-electron chi connectivity index (χ0n) is 15.6. The number of rotatable bonds is 3. The Balaban J connectivity index is 0.000000388. The average molecular weight is 497 g/mol. The molecule has 6 nitrogen and oxygen atoms in total. The molecule has 0 amide bonds. The molecule has 7 heteroatoms. The van der Waals surface area contributed by atoms with E-state index >= 15 is 0 Å². The molecule has 3 aromatic carbocycles. The Labute approximate surface area is 182 Å². The van der Waals surface area contributed by atoms with Crippen molar-refractivity contribution < 1.29 is 29.7 Å². The van der Waals surface area contributed by atoms with E-state index in [4.69, 9.17) is 0 Å². The first kappa shape index (κ1) is 25.9. The van der Waals surface area contributed by atoms with E-state index in [1.54, 1.807) is 77.1 Å². The molecule has 0 radical (unpaired) electrons. The van der Waals surface area contributed by atoms with Crippen molar-refractivity contribution in [1.29, 1.82) is 0 Å². The van der Waals surface area contributed by atoms with Gasteiger partial charge >= 0.3 is 27.5 Å². The van der Waals surface area contributed by atoms with Crippen LogP contribution in [0.2, 0.25) is 4.94 Å². The van der Waals surface area contributed by atoms with Crippen LogP contribution in [0.5, 0.6) is 0 Å². The molecule has 0 aliphatic rings. The van der Waals surface area contributed by atoms with E-state index in [1.165, 1.54) is 36.4 Å². The van der Waals surface area contributed by atoms with Crippen molar-refractivity contribution in [2.75, 3.05) is 0 Å². The van der Waals surface area contributed by atoms with Gasteiger partial charge in [0.15, 0.2) is 0 Å². The fourth-order valence-corrected chi connectivity index (χ4v) is 1.72. The van der Waals surface area contributed by atoms with E-state index in [1.807, 2.05) is 0 Å². The minimum absolute atomic E-state index is 0.220. The summed E-state index contributed by atoms with van der Waals surface area (Å²) >= 11 is 1.55. The summed E-state index contributed by atoms with van der Waals surface area (Å²) < 4.78 is 0. The van der Waals surface area contributed by atoms with E-state index in [9.17, 15) is 29.7 Å². The molecule has 0 aliphatic carbocycles. The first-order valence-corrected chi connectivity index (χ1v) is 11.1. The quantitative estimate of drug-likeness (QED) is 0.482. The van der Waals surface area contributed by atoms with E-state index in [-0.39, 0.29) is 16.7 Å². The average Bonchev–Trinajstić information content (AvgIpc) is 2.78. The second-order valence-corrected chi connectivity index (χ2v) is 4.96. The molecule has 29 heavy (non-hydrogen) atoms. The molecule has 0 N–H and O–H groups in total. The Bertz CT molecular complexity index is 735. The molecule has 3 aromatic rings. The third kappa shape index (κ3) is 12.0. The molecule has 0 bridgehead atoms. The van der Waals surface area contributed by atoms with Crippen LogP contribution in [0, 0.1) is 0 Å². The first-order chi connectivity index (χ1) is 13.9. The zero-order valence-corrected chi connectivity index (χ0v) is 18.5. The van der Waals surface area contributed by atoms with Gasteiger partial charge in [0.25, 0.3) is 0 Å². The molecule has 0 atom stereocenters. The van der Waals surface area contributed by atoms with Gasteiger partial charge in [-0.2, -0.15) is 0 Å². The molecule has 0 aliphatic heterocycles. The van der Waals surface area contributed by atoms with Crippen LogP contribution in [-0.4, -0.2) is 40.4 Å². The van der Waals surface area contributed by atoms with Crippen LogP contribution < -0.4 is 15.3 Å². The van der Waals surface area contributed by atoms with Gasteiger partial charge in [-0.15, -0.1) is 0 Å². The van der Waals surface area contributed by atoms with E-state index in [2.05, 4.69) is 4.94 Å². The molecule has 0 fully saturated rings. The molecule has 0 unspecified atom stereocenters. The van der Waals surface area contributed by atoms with Crippen molar-refractivity contribution >= 4 is 40.4 Å². The second kappa shape index (κ2) is 15.9. The maximum atomic E-state index is 10.1. The number of hydrogen-bond acceptors (Lipinski definition) is 6. The number of carboxylic acids is 3. The number of benzene rings is 3. The summed E-state index contributed by atoms with van der Waals surface area (Å²) in [6.45, 7) is 0. The summed E-state index contributed by atoms with van der Waals surface area (Å²) in [6.07, 6.45) is 0. The van der Waals surface area contributed by atoms with Crippen molar-refractivity contribution in [2.45, 2.75) is 4.94 Å². The van der Waals surface area contributed by atoms with Gasteiger partial charge in [-0.1, -0.05) is 91.0 Å². The van der Waals surface area contributed by atoms with Crippen LogP contribution in [0.3, 0.4) is 0 Å². The van der Waals surface area contributed by atoms with E-state index in [0.717, 1.165) is 0 Å². The van der Waals surface area contributed by atoms with Gasteiger partial charge in [0.2, 0.25) is 0 Å². The van der Waals surface area contributed by atoms with Gasteiger partial charge in [-0.05, 0) is 16.7 Å². The topological polar surface area (TPSA) is 120 Å². The van der Waals surface area contributed by atoms with Gasteiger partial charge in [0.1, 0.15) is 0 Å². The van der Waals surface area contributed by atoms with Gasteiger partial charge in [-0.25, -0.2) is 0 Å². The molecule has 0 saturated carbocycles. The Morgan fingerprint density at radius 3 is 0.759 bits per heavy atom. The monoisotopic (exact) mass is 498 g/mol. The Morgan fingerprint density at radius 1 is 0.483 bits per heavy atom. The Kier molecular flexibility index (Phi) is 14.2. The SMILES string of the molecule is O=C([O-])c1ccccc1.O=C([O-])c1ccccc1.O=C([O-])c1ccccc1.[CH3][Sn+3]. The molecule has 0 spiro atoms. The number of carbonyl (C=O) groups excluding carboxylic acids is 3. The normalized spacial score (nSPS) is 8.52. The molecule has 0 aromatic heterocycles. The zero-order chi connectivity index (χ0) is 22.1. The summed E-state index contributed by atoms with van der Waals surface area (Å²) in [5.41, 5.74) is 0.660. The molecular formula is C22H18O6Sn. The Hall–Kier alpha value is -3.13. The molecule has 0 heterocycles. The first-order valence-electron chi connectivity index (χ1n) is 8.21. The number of carboxylic acid groups (broad SMARTS) is 3. The van der Waals surface area contributed by atoms with E-state index < -0.39 is 17.9 Å². The standard InChI is InChI=1S/3C7H6O2.CH3.Sn/c3*8-7(9)6-4-2-1-3-5-6;;/h3*1-5H,(H,8,9);1H3;/q;;;;+3/p-3. The van der Waals surface area contributed by atoms with Crippen LogP contribution in [-0.2, 0) is 0 Å². The van der Waals surface area contributed by atoms with E-state index in [0.29, 0.717) is 0 Å². The van der Waals surface area contributed by atoms with Crippen molar-refractivity contribution in [3.63, 3.8) is 0 Å². The minimum atomic E-state index is -1.13. The molecular weight excluding hydrogens is 479 g/mol. The summed E-state index contributed by atoms with van der Waals surface area (Å²) in [4.78, 5) is 32.4. The summed E-state index contributed by atoms with van der Waals surface area (Å²) in [5, 5.41) is 30.3. The predicted octanol–water partition coefficient (Wildman–Crippen LogP) is 0.353. The Morgan fingerprint density at radius 2 is 0.655 bits per heavy atom. The number of aromatic carboxylic acids is 3. The summed E-state index contributed by atoms with van der Waals surface area (Å²) in [6, 6.07) is 24.2. The number of hydrogen-bond donors (Lipinski definition) is 0. The van der Waals surface area contributed by atoms with Crippen LogP contribution in [0.4, 0.5) is 0 Å². The predicted molar refractivity (Wildman–Crippen MR) is 104 cm³/mol. The molecule has 146 valence electrons. The molecule has 3 rings (SSSR count). The fraction of sp³-hybridized carbons (Fsp3) is 0.0455. The third-order valence-electron chi connectivity index (χ3n) is 3.03. The van der Waals surface area contributed by atoms with Crippen LogP contribution in [0.1, 0.15) is 31.1 Å². The fourth-order valence-electron chi connectivity index (χ4n) is 1.72. The van der Waals surface area contributed by atoms with Gasteiger partial charge in [0, 0.05) is 0 Å². The maximum absolute atomic E-state index is 10.1. The second-order valence-electron chi connectivity index (χ2n) is 4.96. The van der Waals surface area contributed by atoms with Crippen molar-refractivity contribution in [3.8, 4) is 0 Å². The molecule has 0 saturated heterocycles. The van der Waals surface area contributed by atoms with Crippen molar-refractivity contribution in [1.82, 2.24) is 0 Å². The summed E-state index contributed by atoms with van der Waals surface area (Å²) in [7, 11) is 0. The van der Waals surface area contributed by atoms with Crippen LogP contribution in [0.25, 0.3) is 0 Å². The summed E-state index contributed by atoms with van der Waals surface area (Å²) in [5.74, 6) is -3.39. The number of carbonyl (C=O) groups is 3.